The van der Waals surface area contributed by atoms with Crippen LogP contribution in [-0.2, 0) is 32.7 Å². The summed E-state index contributed by atoms with van der Waals surface area (Å²) in [6, 6.07) is 3.63. The number of ether oxygens (including phenoxy) is 6. The van der Waals surface area contributed by atoms with Gasteiger partial charge in [0.1, 0.15) is 18.4 Å². The maximum absolute atomic E-state index is 14.7. The molecular weight excluding hydrogens is 786 g/mol. The summed E-state index contributed by atoms with van der Waals surface area (Å²) in [5.74, 6) is -3.17. The number of likely N-dealkylation sites (N-methyl/N-ethyl adjacent to an activating group) is 1. The van der Waals surface area contributed by atoms with Gasteiger partial charge in [-0.15, -0.1) is 11.8 Å². The fourth-order valence-corrected chi connectivity index (χ4v) is 11.9. The number of phenols is 2. The van der Waals surface area contributed by atoms with Gasteiger partial charge in [0.05, 0.1) is 37.6 Å². The number of fused-ring (bicyclic) bond motifs is 9. The van der Waals surface area contributed by atoms with Gasteiger partial charge in [0, 0.05) is 46.6 Å². The molecule has 18 heteroatoms. The van der Waals surface area contributed by atoms with Crippen molar-refractivity contribution >= 4 is 23.7 Å². The van der Waals surface area contributed by atoms with Crippen LogP contribution in [-0.4, -0.2) is 103 Å². The van der Waals surface area contributed by atoms with Gasteiger partial charge in [-0.05, 0) is 68.1 Å². The average molecular weight is 825 g/mol. The zero-order valence-electron chi connectivity index (χ0n) is 32.0. The normalized spacial score (nSPS) is 28.4. The zero-order chi connectivity index (χ0) is 41.2. The molecule has 3 N–H and O–H groups in total. The molecule has 3 aromatic rings. The number of benzene rings is 3. The number of rotatable bonds is 3. The number of nitrogens with one attached hydrogen (secondary N) is 1. The van der Waals surface area contributed by atoms with Gasteiger partial charge >= 0.3 is 18.1 Å². The van der Waals surface area contributed by atoms with Crippen molar-refractivity contribution in [1.82, 2.24) is 15.1 Å². The van der Waals surface area contributed by atoms with E-state index in [2.05, 4.69) is 11.4 Å². The SMILES string of the molecule is COc1cc2c(cc1O)CCN[C@]21CS[C@@H]2c3c(OC(=O)C(F)(F)F)c(C)c4c(c3[C@H](COC1=O)N1C2[C@@H]2c3c(cc(C)c(OC)c3O)C[C@@H]([C@@H]1C#N)N2C)OCO4. The third-order valence-corrected chi connectivity index (χ3v) is 14.1. The van der Waals surface area contributed by atoms with Gasteiger partial charge in [-0.25, -0.2) is 9.59 Å². The molecule has 3 aromatic carbocycles. The van der Waals surface area contributed by atoms with Gasteiger partial charge in [-0.1, -0.05) is 6.07 Å². The molecule has 0 aromatic heterocycles. The molecule has 14 nitrogen and oxygen atoms in total. The minimum Gasteiger partial charge on any atom is -0.504 e. The summed E-state index contributed by atoms with van der Waals surface area (Å²) in [7, 11) is 4.68. The summed E-state index contributed by atoms with van der Waals surface area (Å²) in [5, 5.41) is 36.3. The van der Waals surface area contributed by atoms with Gasteiger partial charge < -0.3 is 38.6 Å². The zero-order valence-corrected chi connectivity index (χ0v) is 32.8. The third-order valence-electron chi connectivity index (χ3n) is 12.6. The second-order valence-electron chi connectivity index (χ2n) is 15.4. The van der Waals surface area contributed by atoms with Crippen LogP contribution in [0, 0.1) is 25.2 Å². The van der Waals surface area contributed by atoms with Crippen LogP contribution in [0.25, 0.3) is 0 Å². The Morgan fingerprint density at radius 3 is 2.52 bits per heavy atom. The Morgan fingerprint density at radius 1 is 1.05 bits per heavy atom. The summed E-state index contributed by atoms with van der Waals surface area (Å²) in [6.07, 6.45) is -4.55. The fraction of sp³-hybridized carbons (Fsp3) is 0.475. The van der Waals surface area contributed by atoms with Crippen molar-refractivity contribution in [3.8, 4) is 46.3 Å². The van der Waals surface area contributed by atoms with E-state index in [9.17, 15) is 38.2 Å². The molecule has 1 unspecified atom stereocenters. The molecule has 0 radical (unpaired) electrons. The first-order valence-electron chi connectivity index (χ1n) is 18.6. The number of esters is 2. The maximum atomic E-state index is 14.7. The van der Waals surface area contributed by atoms with Crippen molar-refractivity contribution < 1.29 is 61.4 Å². The van der Waals surface area contributed by atoms with Crippen molar-refractivity contribution in [2.75, 3.05) is 47.0 Å². The first-order chi connectivity index (χ1) is 27.7. The largest absolute Gasteiger partial charge is 0.504 e. The Bertz CT molecular complexity index is 2340. The van der Waals surface area contributed by atoms with Crippen LogP contribution in [0.2, 0.25) is 0 Å². The quantitative estimate of drug-likeness (QED) is 0.248. The highest BCUT2D eigenvalue weighted by molar-refractivity contribution is 7.99. The lowest BCUT2D eigenvalue weighted by molar-refractivity contribution is -0.189. The number of aryl methyl sites for hydroxylation is 1. The molecule has 2 saturated heterocycles. The van der Waals surface area contributed by atoms with Gasteiger partial charge in [0.25, 0.3) is 0 Å². The number of halogens is 3. The lowest BCUT2D eigenvalue weighted by Gasteiger charge is -2.62. The van der Waals surface area contributed by atoms with Gasteiger partial charge in [-0.2, -0.15) is 18.4 Å². The van der Waals surface area contributed by atoms with E-state index in [0.717, 1.165) is 5.56 Å². The number of piperazine rings is 1. The van der Waals surface area contributed by atoms with Gasteiger partial charge in [0.15, 0.2) is 40.0 Å². The number of alkyl halides is 3. The number of methoxy groups -OCH3 is 2. The number of hydrogen-bond donors (Lipinski definition) is 3. The number of carbonyl (C=O) groups excluding carboxylic acids is 2. The summed E-state index contributed by atoms with van der Waals surface area (Å²) in [6.45, 7) is 2.91. The molecule has 7 heterocycles. The van der Waals surface area contributed by atoms with Crippen LogP contribution in [0.4, 0.5) is 13.2 Å². The molecule has 58 heavy (non-hydrogen) atoms. The molecule has 7 aliphatic rings. The Balaban J connectivity index is 1.34. The van der Waals surface area contributed by atoms with Gasteiger partial charge in [-0.3, -0.25) is 15.1 Å². The fourth-order valence-electron chi connectivity index (χ4n) is 10.2. The Hall–Kier alpha value is -5.09. The summed E-state index contributed by atoms with van der Waals surface area (Å²) in [5.41, 5.74) is 2.14. The van der Waals surface area contributed by atoms with E-state index in [1.807, 2.05) is 29.8 Å². The van der Waals surface area contributed by atoms with Crippen LogP contribution < -0.4 is 29.0 Å². The second-order valence-corrected chi connectivity index (χ2v) is 16.5. The highest BCUT2D eigenvalue weighted by Crippen LogP contribution is 2.64. The molecule has 7 aliphatic heterocycles. The van der Waals surface area contributed by atoms with E-state index in [-0.39, 0.29) is 69.5 Å². The molecule has 1 spiro atoms. The van der Waals surface area contributed by atoms with E-state index in [0.29, 0.717) is 41.6 Å². The lowest BCUT2D eigenvalue weighted by atomic mass is 9.71. The molecular formula is C40H39F3N4O10S. The molecule has 0 amide bonds. The van der Waals surface area contributed by atoms with Crippen molar-refractivity contribution in [3.63, 3.8) is 0 Å². The van der Waals surface area contributed by atoms with Gasteiger partial charge in [0.2, 0.25) is 6.79 Å². The smallest absolute Gasteiger partial charge is 0.491 e. The number of phenolic OH excluding ortho intramolecular Hbond substituents is 2. The van der Waals surface area contributed by atoms with E-state index in [4.69, 9.17) is 28.4 Å². The number of hydrogen-bond acceptors (Lipinski definition) is 15. The molecule has 4 bridgehead atoms. The highest BCUT2D eigenvalue weighted by atomic mass is 32.2. The standard InChI is InChI=1S/C40H39F3N4O10S/c1-16-8-19-9-21-22(12-44)47-23-13-54-37(50)39(20-11-25(52-4)24(48)10-18(20)6-7-45-39)14-58-36(30(47)29(46(21)3)26(19)31(49)32(16)53-5)28-27(23)35-34(55-15-56-35)17(2)33(28)57-38(51)40(41,42)43/h8,10-11,21-23,29-30,36,45,48-49H,6-7,9,13-15H2,1-5H3/t21-,22-,23-,29-,30?,36+,39+/m0/s1. The topological polar surface area (TPSA) is 172 Å². The van der Waals surface area contributed by atoms with E-state index < -0.39 is 65.7 Å². The van der Waals surface area contributed by atoms with E-state index >= 15 is 0 Å². The van der Waals surface area contributed by atoms with Crippen molar-refractivity contribution in [1.29, 1.82) is 5.26 Å². The van der Waals surface area contributed by atoms with Crippen LogP contribution in [0.15, 0.2) is 18.2 Å². The van der Waals surface area contributed by atoms with Crippen molar-refractivity contribution in [2.24, 2.45) is 0 Å². The predicted molar refractivity (Wildman–Crippen MR) is 198 cm³/mol. The first-order valence-corrected chi connectivity index (χ1v) is 19.7. The summed E-state index contributed by atoms with van der Waals surface area (Å²) < 4.78 is 77.0. The first kappa shape index (κ1) is 38.4. The second kappa shape index (κ2) is 13.5. The van der Waals surface area contributed by atoms with Crippen LogP contribution in [0.3, 0.4) is 0 Å². The Morgan fingerprint density at radius 2 is 1.81 bits per heavy atom. The monoisotopic (exact) mass is 824 g/mol. The molecule has 10 rings (SSSR count). The third kappa shape index (κ3) is 5.28. The predicted octanol–water partition coefficient (Wildman–Crippen LogP) is 4.53. The lowest BCUT2D eigenvalue weighted by Crippen LogP contribution is -2.69. The van der Waals surface area contributed by atoms with E-state index in [1.165, 1.54) is 32.9 Å². The molecule has 7 atom stereocenters. The number of aromatic hydroxyl groups is 2. The van der Waals surface area contributed by atoms with Crippen LogP contribution in [0.5, 0.6) is 40.2 Å². The minimum atomic E-state index is -5.36. The Kier molecular flexibility index (Phi) is 8.93. The Labute approximate surface area is 334 Å². The number of nitrogens with zero attached hydrogens (tertiary/aromatic N) is 3. The highest BCUT2D eigenvalue weighted by Gasteiger charge is 2.62. The summed E-state index contributed by atoms with van der Waals surface area (Å²) >= 11 is 1.21. The average Bonchev–Trinajstić information content (AvgIpc) is 3.68. The molecule has 2 fully saturated rings. The number of carbonyl (C=O) groups is 2. The molecule has 306 valence electrons. The summed E-state index contributed by atoms with van der Waals surface area (Å²) in [4.78, 5) is 31.5. The van der Waals surface area contributed by atoms with Crippen molar-refractivity contribution in [2.45, 2.75) is 73.9 Å². The molecule has 0 aliphatic carbocycles. The molecule has 0 saturated carbocycles. The van der Waals surface area contributed by atoms with Crippen LogP contribution >= 0.6 is 11.8 Å². The minimum absolute atomic E-state index is 0.0663. The van der Waals surface area contributed by atoms with E-state index in [1.54, 1.807) is 12.1 Å². The van der Waals surface area contributed by atoms with Crippen molar-refractivity contribution in [3.05, 3.63) is 62.7 Å². The number of thioether (sulfide) groups is 1. The van der Waals surface area contributed by atoms with Crippen LogP contribution in [0.1, 0.15) is 61.8 Å². The maximum Gasteiger partial charge on any atom is 0.491 e. The number of nitriles is 1.